The zero-order valence-corrected chi connectivity index (χ0v) is 6.55. The number of phosphoric acid groups is 1. The molecule has 0 aliphatic heterocycles. The molecule has 0 fully saturated rings. The average molecular weight is 176 g/mol. The van der Waals surface area contributed by atoms with Gasteiger partial charge in [-0.25, -0.2) is 4.57 Å². The van der Waals surface area contributed by atoms with Crippen LogP contribution in [0.25, 0.3) is 0 Å². The van der Waals surface area contributed by atoms with E-state index in [1.165, 1.54) is 0 Å². The van der Waals surface area contributed by atoms with Crippen molar-refractivity contribution >= 4 is 25.5 Å². The molecular weight excluding hydrogens is 170 g/mol. The second kappa shape index (κ2) is 8.23. The van der Waals surface area contributed by atoms with Crippen molar-refractivity contribution in [2.45, 2.75) is 5.60 Å². The van der Waals surface area contributed by atoms with Gasteiger partial charge in [-0.1, -0.05) is 0 Å². The molecule has 0 amide bonds. The number of hydrogen-bond donors (Lipinski definition) is 3. The fourth-order valence-electron chi connectivity index (χ4n) is 0. The summed E-state index contributed by atoms with van der Waals surface area (Å²) < 4.78 is 8.88. The Kier molecular flexibility index (Phi) is 16.6. The fourth-order valence-corrected chi connectivity index (χ4v) is 0. The van der Waals surface area contributed by atoms with Crippen molar-refractivity contribution in [1.82, 2.24) is 0 Å². The molecule has 4 nitrogen and oxygen atoms in total. The zero-order valence-electron chi connectivity index (χ0n) is 4.55. The van der Waals surface area contributed by atoms with Crippen molar-refractivity contribution in [3.63, 3.8) is 0 Å². The molecule has 7 heteroatoms. The second-order valence-corrected chi connectivity index (χ2v) is 1.54. The standard InChI is InChI=1S/CH3.Fe.Li.H3O4P/c;;;1-5(2,3)4/h1H3;;;(H3,1,2,3,4). The van der Waals surface area contributed by atoms with Gasteiger partial charge in [-0.05, 0) is 0 Å². The molecule has 48 valence electrons. The fraction of sp³-hybridized carbons (Fsp3) is 1.00. The summed E-state index contributed by atoms with van der Waals surface area (Å²) >= 11 is 2.00. The maximum absolute atomic E-state index is 8.88. The summed E-state index contributed by atoms with van der Waals surface area (Å²) in [4.78, 5) is 21.6. The van der Waals surface area contributed by atoms with E-state index < -0.39 is 7.82 Å². The van der Waals surface area contributed by atoms with E-state index in [2.05, 4.69) is 0 Å². The van der Waals surface area contributed by atoms with Gasteiger partial charge in [-0.2, -0.15) is 0 Å². The number of hydrogen-bond acceptors (Lipinski definition) is 1. The molecule has 0 aromatic carbocycles. The average Bonchev–Trinajstić information content (AvgIpc) is 1.36. The van der Waals surface area contributed by atoms with Crippen LogP contribution in [0.4, 0.5) is 0 Å². The van der Waals surface area contributed by atoms with Gasteiger partial charge in [-0.3, -0.25) is 0 Å². The van der Waals surface area contributed by atoms with Gasteiger partial charge in [0, 0.05) is 17.1 Å². The van der Waals surface area contributed by atoms with Crippen LogP contribution in [-0.2, 0) is 21.6 Å². The third kappa shape index (κ3) is 186. The summed E-state index contributed by atoms with van der Waals surface area (Å²) in [5.74, 6) is 0. The molecule has 0 heterocycles. The molecular formula is CH6FeLiO4P. The normalized spacial score (nSPS) is 8.25. The minimum absolute atomic E-state index is 0. The monoisotopic (exact) mass is 176 g/mol. The molecule has 3 N–H and O–H groups in total. The van der Waals surface area contributed by atoms with Gasteiger partial charge in [0.2, 0.25) is 0 Å². The first kappa shape index (κ1) is 16.1. The predicted molar refractivity (Wildman–Crippen MR) is 25.9 cm³/mol. The molecule has 0 aliphatic carbocycles. The van der Waals surface area contributed by atoms with Crippen LogP contribution in [0.3, 0.4) is 0 Å². The van der Waals surface area contributed by atoms with Gasteiger partial charge in [0.25, 0.3) is 0 Å². The molecule has 8 heavy (non-hydrogen) atoms. The van der Waals surface area contributed by atoms with E-state index in [0.717, 1.165) is 0 Å². The number of rotatable bonds is 0. The van der Waals surface area contributed by atoms with Crippen LogP contribution in [-0.4, -0.2) is 32.4 Å². The van der Waals surface area contributed by atoms with E-state index in [1.54, 1.807) is 0 Å². The summed E-state index contributed by atoms with van der Waals surface area (Å²) in [6.45, 7) is 0. The van der Waals surface area contributed by atoms with E-state index in [9.17, 15) is 0 Å². The quantitative estimate of drug-likeness (QED) is 0.335. The van der Waals surface area contributed by atoms with Crippen molar-refractivity contribution in [2.75, 3.05) is 0 Å². The first-order chi connectivity index (χ1) is 3.00. The molecule has 0 spiro atoms. The third-order valence-corrected chi connectivity index (χ3v) is 0. The van der Waals surface area contributed by atoms with Gasteiger partial charge < -0.3 is 14.7 Å². The summed E-state index contributed by atoms with van der Waals surface area (Å²) in [5, 5.41) is 0. The Hall–Kier alpha value is 1.23. The minimum atomic E-state index is -4.64. The van der Waals surface area contributed by atoms with Crippen molar-refractivity contribution in [3.05, 3.63) is 0 Å². The second-order valence-electron chi connectivity index (χ2n) is 0.513. The van der Waals surface area contributed by atoms with Gasteiger partial charge in [0.1, 0.15) is 0 Å². The Bertz CT molecular complexity index is 62.2. The van der Waals surface area contributed by atoms with Crippen LogP contribution in [0.1, 0.15) is 0 Å². The molecule has 0 radical (unpaired) electrons. The molecule has 0 aromatic heterocycles. The molecule has 0 rings (SSSR count). The van der Waals surface area contributed by atoms with Gasteiger partial charge in [0.05, 0.1) is 0 Å². The summed E-state index contributed by atoms with van der Waals surface area (Å²) in [7, 11) is -4.64. The molecule has 0 saturated carbocycles. The molecule has 0 atom stereocenters. The third-order valence-electron chi connectivity index (χ3n) is 0. The van der Waals surface area contributed by atoms with Crippen molar-refractivity contribution < 1.29 is 36.3 Å². The van der Waals surface area contributed by atoms with Crippen molar-refractivity contribution in [3.8, 4) is 0 Å². The Labute approximate surface area is 67.6 Å². The molecule has 0 unspecified atom stereocenters. The Morgan fingerprint density at radius 1 is 1.25 bits per heavy atom. The topological polar surface area (TPSA) is 77.8 Å². The van der Waals surface area contributed by atoms with Crippen molar-refractivity contribution in [2.24, 2.45) is 0 Å². The first-order valence-electron chi connectivity index (χ1n) is 1.78. The van der Waals surface area contributed by atoms with Gasteiger partial charge in [-0.15, -0.1) is 0 Å². The van der Waals surface area contributed by atoms with Crippen molar-refractivity contribution in [1.29, 1.82) is 0 Å². The summed E-state index contributed by atoms with van der Waals surface area (Å²) in [6, 6.07) is 0. The van der Waals surface area contributed by atoms with E-state index in [0.29, 0.717) is 0 Å². The molecule has 0 bridgehead atoms. The predicted octanol–water partition coefficient (Wildman–Crippen LogP) is -0.728. The molecule has 0 saturated heterocycles. The molecule has 0 aromatic rings. The van der Waals surface area contributed by atoms with E-state index in [-0.39, 0.29) is 17.1 Å². The first-order valence-corrected chi connectivity index (χ1v) is 3.35. The molecule has 0 aliphatic rings. The van der Waals surface area contributed by atoms with E-state index in [1.807, 2.05) is 23.3 Å². The van der Waals surface area contributed by atoms with Gasteiger partial charge >= 0.3 is 31.1 Å². The van der Waals surface area contributed by atoms with Crippen LogP contribution in [0, 0.1) is 0 Å². The Morgan fingerprint density at radius 3 is 1.25 bits per heavy atom. The van der Waals surface area contributed by atoms with Crippen LogP contribution < -0.4 is 0 Å². The Morgan fingerprint density at radius 2 is 1.25 bits per heavy atom. The van der Waals surface area contributed by atoms with E-state index in [4.69, 9.17) is 19.2 Å². The SMILES string of the molecule is O=P(O)(O)O.[Fe].[Li][CH3]. The van der Waals surface area contributed by atoms with Crippen LogP contribution >= 0.6 is 7.82 Å². The summed E-state index contributed by atoms with van der Waals surface area (Å²) in [5.41, 5.74) is 2.00. The van der Waals surface area contributed by atoms with Crippen LogP contribution in [0.15, 0.2) is 0 Å². The maximum atomic E-state index is 8.88. The van der Waals surface area contributed by atoms with Gasteiger partial charge in [0.15, 0.2) is 0 Å². The van der Waals surface area contributed by atoms with Crippen LogP contribution in [0.2, 0.25) is 5.60 Å². The summed E-state index contributed by atoms with van der Waals surface area (Å²) in [6.07, 6.45) is 0. The zero-order chi connectivity index (χ0) is 6.50. The van der Waals surface area contributed by atoms with E-state index >= 15 is 0 Å². The van der Waals surface area contributed by atoms with Crippen LogP contribution in [0.5, 0.6) is 0 Å². The Balaban J connectivity index is -0.0000000750.